The van der Waals surface area contributed by atoms with Crippen molar-refractivity contribution < 1.29 is 18.3 Å². The summed E-state index contributed by atoms with van der Waals surface area (Å²) in [5, 5.41) is 13.6. The third kappa shape index (κ3) is 3.22. The Kier molecular flexibility index (Phi) is 4.57. The van der Waals surface area contributed by atoms with E-state index in [4.69, 9.17) is 0 Å². The number of rotatable bonds is 4. The summed E-state index contributed by atoms with van der Waals surface area (Å²) in [7, 11) is 0. The van der Waals surface area contributed by atoms with Crippen LogP contribution in [0.3, 0.4) is 0 Å². The van der Waals surface area contributed by atoms with E-state index in [1.165, 1.54) is 16.8 Å². The van der Waals surface area contributed by atoms with Gasteiger partial charge < -0.3 is 10.1 Å². The number of hydrogen-bond donors (Lipinski definition) is 2. The Hall–Kier alpha value is -2.68. The summed E-state index contributed by atoms with van der Waals surface area (Å²) in [4.78, 5) is 19.2. The third-order valence-corrected chi connectivity index (χ3v) is 4.20. The molecule has 0 amide bonds. The van der Waals surface area contributed by atoms with Crippen molar-refractivity contribution in [3.63, 3.8) is 0 Å². The molecular weight excluding hydrogens is 349 g/mol. The molecule has 9 heteroatoms. The van der Waals surface area contributed by atoms with Gasteiger partial charge in [0.15, 0.2) is 5.52 Å². The molecule has 0 spiro atoms. The van der Waals surface area contributed by atoms with E-state index in [1.807, 2.05) is 0 Å². The summed E-state index contributed by atoms with van der Waals surface area (Å²) in [5.74, 6) is 0.0281. The Morgan fingerprint density at radius 2 is 1.92 bits per heavy atom. The molecule has 1 unspecified atom stereocenters. The number of hydrogen-bond acceptors (Lipinski definition) is 4. The molecule has 2 heterocycles. The average Bonchev–Trinajstić information content (AvgIpc) is 2.92. The molecule has 2 aromatic heterocycles. The number of aliphatic hydroxyl groups excluding tert-OH is 1. The maximum Gasteiger partial charge on any atom is 0.416 e. The Labute approximate surface area is 146 Å². The van der Waals surface area contributed by atoms with E-state index in [0.717, 1.165) is 12.1 Å². The highest BCUT2D eigenvalue weighted by atomic mass is 19.4. The summed E-state index contributed by atoms with van der Waals surface area (Å²) in [6, 6.07) is 4.82. The van der Waals surface area contributed by atoms with Crippen LogP contribution in [0.2, 0.25) is 0 Å². The smallest absolute Gasteiger partial charge is 0.394 e. The number of alkyl halides is 3. The van der Waals surface area contributed by atoms with Crippen LogP contribution >= 0.6 is 0 Å². The first kappa shape index (κ1) is 18.1. The van der Waals surface area contributed by atoms with Crippen LogP contribution in [-0.2, 0) is 12.7 Å². The molecule has 3 rings (SSSR count). The number of nitrogens with zero attached hydrogens (tertiary/aromatic N) is 3. The van der Waals surface area contributed by atoms with Gasteiger partial charge in [-0.2, -0.15) is 18.3 Å². The van der Waals surface area contributed by atoms with E-state index in [2.05, 4.69) is 15.1 Å². The molecule has 1 aromatic carbocycles. The number of aromatic amines is 1. The highest BCUT2D eigenvalue weighted by molar-refractivity contribution is 5.77. The minimum Gasteiger partial charge on any atom is -0.394 e. The summed E-state index contributed by atoms with van der Waals surface area (Å²) in [5.41, 5.74) is 0.607. The quantitative estimate of drug-likeness (QED) is 0.743. The summed E-state index contributed by atoms with van der Waals surface area (Å²) >= 11 is 0. The van der Waals surface area contributed by atoms with Crippen LogP contribution in [0.15, 0.2) is 29.1 Å². The molecule has 0 fully saturated rings. The van der Waals surface area contributed by atoms with Crippen molar-refractivity contribution in [2.75, 3.05) is 6.61 Å². The van der Waals surface area contributed by atoms with Gasteiger partial charge in [-0.15, -0.1) is 0 Å². The minimum absolute atomic E-state index is 0.115. The van der Waals surface area contributed by atoms with Crippen LogP contribution in [0, 0.1) is 6.92 Å². The molecule has 0 aliphatic heterocycles. The standard InChI is InChI=1S/C17H17F3N4O2/c1-9(11-3-5-12(6-4-11)17(18,19)20)13-14-15(24(23-13)7-8-25)16(26)22-10(2)21-14/h3-6,9,25H,7-8H2,1-2H3,(H,21,22,26). The van der Waals surface area contributed by atoms with Gasteiger partial charge in [0, 0.05) is 5.92 Å². The van der Waals surface area contributed by atoms with E-state index in [9.17, 15) is 23.1 Å². The molecule has 3 aromatic rings. The Balaban J connectivity index is 2.11. The van der Waals surface area contributed by atoms with Crippen molar-refractivity contribution in [3.8, 4) is 0 Å². The second-order valence-electron chi connectivity index (χ2n) is 6.02. The molecular formula is C17H17F3N4O2. The number of benzene rings is 1. The first-order valence-corrected chi connectivity index (χ1v) is 7.97. The van der Waals surface area contributed by atoms with Gasteiger partial charge in [-0.25, -0.2) is 4.98 Å². The normalized spacial score (nSPS) is 13.3. The predicted molar refractivity (Wildman–Crippen MR) is 88.9 cm³/mol. The number of aromatic nitrogens is 4. The van der Waals surface area contributed by atoms with E-state index in [0.29, 0.717) is 22.6 Å². The van der Waals surface area contributed by atoms with Gasteiger partial charge >= 0.3 is 6.18 Å². The summed E-state index contributed by atoms with van der Waals surface area (Å²) in [6.07, 6.45) is -4.40. The zero-order valence-corrected chi connectivity index (χ0v) is 14.1. The highest BCUT2D eigenvalue weighted by Gasteiger charge is 2.30. The summed E-state index contributed by atoms with van der Waals surface area (Å²) < 4.78 is 39.6. The molecule has 1 atom stereocenters. The number of aliphatic hydroxyl groups is 1. The van der Waals surface area contributed by atoms with Crippen molar-refractivity contribution in [1.82, 2.24) is 19.7 Å². The van der Waals surface area contributed by atoms with E-state index in [1.54, 1.807) is 13.8 Å². The lowest BCUT2D eigenvalue weighted by molar-refractivity contribution is -0.137. The van der Waals surface area contributed by atoms with Gasteiger partial charge in [0.1, 0.15) is 11.3 Å². The lowest BCUT2D eigenvalue weighted by atomic mass is 9.96. The van der Waals surface area contributed by atoms with Gasteiger partial charge in [-0.3, -0.25) is 9.48 Å². The molecule has 0 aliphatic carbocycles. The van der Waals surface area contributed by atoms with Crippen LogP contribution in [-0.4, -0.2) is 31.5 Å². The van der Waals surface area contributed by atoms with Crippen LogP contribution in [0.1, 0.15) is 35.5 Å². The van der Waals surface area contributed by atoms with E-state index < -0.39 is 11.7 Å². The van der Waals surface area contributed by atoms with Crippen molar-refractivity contribution in [1.29, 1.82) is 0 Å². The third-order valence-electron chi connectivity index (χ3n) is 4.20. The fourth-order valence-corrected chi connectivity index (χ4v) is 2.89. The number of halogens is 3. The van der Waals surface area contributed by atoms with Gasteiger partial charge in [0.05, 0.1) is 24.4 Å². The topological polar surface area (TPSA) is 83.8 Å². The molecule has 0 saturated heterocycles. The molecule has 26 heavy (non-hydrogen) atoms. The minimum atomic E-state index is -4.40. The maximum absolute atomic E-state index is 12.7. The number of H-pyrrole nitrogens is 1. The first-order chi connectivity index (χ1) is 12.2. The van der Waals surface area contributed by atoms with Gasteiger partial charge in [-0.05, 0) is 24.6 Å². The molecule has 0 aliphatic rings. The van der Waals surface area contributed by atoms with Crippen molar-refractivity contribution in [2.24, 2.45) is 0 Å². The Morgan fingerprint density at radius 3 is 2.50 bits per heavy atom. The summed E-state index contributed by atoms with van der Waals surface area (Å²) in [6.45, 7) is 3.32. The Bertz CT molecular complexity index is 990. The Morgan fingerprint density at radius 1 is 1.27 bits per heavy atom. The van der Waals surface area contributed by atoms with Gasteiger partial charge in [0.25, 0.3) is 5.56 Å². The van der Waals surface area contributed by atoms with Crippen LogP contribution in [0.5, 0.6) is 0 Å². The largest absolute Gasteiger partial charge is 0.416 e. The van der Waals surface area contributed by atoms with Crippen molar-refractivity contribution in [2.45, 2.75) is 32.5 Å². The van der Waals surface area contributed by atoms with Crippen LogP contribution in [0.4, 0.5) is 13.2 Å². The van der Waals surface area contributed by atoms with E-state index in [-0.39, 0.29) is 30.1 Å². The predicted octanol–water partition coefficient (Wildman–Crippen LogP) is 2.59. The SMILES string of the molecule is Cc1nc2c(C(C)c3ccc(C(F)(F)F)cc3)nn(CCO)c2c(=O)[nH]1. The molecule has 2 N–H and O–H groups in total. The second kappa shape index (κ2) is 6.56. The first-order valence-electron chi connectivity index (χ1n) is 7.97. The second-order valence-corrected chi connectivity index (χ2v) is 6.02. The molecule has 0 bridgehead atoms. The zero-order chi connectivity index (χ0) is 19.1. The molecule has 0 radical (unpaired) electrons. The number of fused-ring (bicyclic) bond motifs is 1. The number of nitrogens with one attached hydrogen (secondary N) is 1. The monoisotopic (exact) mass is 366 g/mol. The lowest BCUT2D eigenvalue weighted by Gasteiger charge is -2.12. The average molecular weight is 366 g/mol. The van der Waals surface area contributed by atoms with Gasteiger partial charge in [-0.1, -0.05) is 19.1 Å². The van der Waals surface area contributed by atoms with E-state index >= 15 is 0 Å². The van der Waals surface area contributed by atoms with Crippen molar-refractivity contribution in [3.05, 3.63) is 57.3 Å². The van der Waals surface area contributed by atoms with Crippen LogP contribution in [0.25, 0.3) is 11.0 Å². The molecule has 138 valence electrons. The lowest BCUT2D eigenvalue weighted by Crippen LogP contribution is -2.15. The zero-order valence-electron chi connectivity index (χ0n) is 14.1. The fourth-order valence-electron chi connectivity index (χ4n) is 2.89. The fraction of sp³-hybridized carbons (Fsp3) is 0.353. The maximum atomic E-state index is 12.7. The number of aryl methyl sites for hydroxylation is 1. The van der Waals surface area contributed by atoms with Crippen molar-refractivity contribution >= 4 is 11.0 Å². The highest BCUT2D eigenvalue weighted by Crippen LogP contribution is 2.32. The molecule has 6 nitrogen and oxygen atoms in total. The molecule has 0 saturated carbocycles. The van der Waals surface area contributed by atoms with Crippen LogP contribution < -0.4 is 5.56 Å². The van der Waals surface area contributed by atoms with Gasteiger partial charge in [0.2, 0.25) is 0 Å².